The molecule has 2 saturated heterocycles. The Bertz CT molecular complexity index is 233. The molecule has 2 aliphatic heterocycles. The first kappa shape index (κ1) is 8.69. The number of carbonyl (C=O) groups excluding carboxylic acids is 2. The molecule has 1 unspecified atom stereocenters. The van der Waals surface area contributed by atoms with Crippen LogP contribution in [0.1, 0.15) is 19.3 Å². The molecular formula is C9H13NO3. The summed E-state index contributed by atoms with van der Waals surface area (Å²) in [7, 11) is 0. The SMILES string of the molecule is O=C1CCN(C2CCOC2)C(=O)C1. The molecule has 2 heterocycles. The van der Waals surface area contributed by atoms with Crippen LogP contribution in [0.15, 0.2) is 0 Å². The number of Topliss-reactive ketones (excluding diaryl/α,β-unsaturated/α-hetero) is 1. The van der Waals surface area contributed by atoms with Gasteiger partial charge in [-0.3, -0.25) is 9.59 Å². The van der Waals surface area contributed by atoms with Crippen LogP contribution in [0.3, 0.4) is 0 Å². The zero-order valence-electron chi connectivity index (χ0n) is 7.49. The number of rotatable bonds is 1. The molecule has 1 amide bonds. The lowest BCUT2D eigenvalue weighted by molar-refractivity contribution is -0.141. The van der Waals surface area contributed by atoms with Crippen LogP contribution in [0.25, 0.3) is 0 Å². The molecule has 4 nitrogen and oxygen atoms in total. The van der Waals surface area contributed by atoms with Gasteiger partial charge in [0.25, 0.3) is 0 Å². The molecule has 13 heavy (non-hydrogen) atoms. The van der Waals surface area contributed by atoms with Gasteiger partial charge in [-0.15, -0.1) is 0 Å². The van der Waals surface area contributed by atoms with E-state index in [2.05, 4.69) is 0 Å². The van der Waals surface area contributed by atoms with Crippen molar-refractivity contribution in [2.45, 2.75) is 25.3 Å². The Morgan fingerprint density at radius 2 is 2.23 bits per heavy atom. The van der Waals surface area contributed by atoms with Gasteiger partial charge in [0, 0.05) is 19.6 Å². The Hall–Kier alpha value is -0.900. The maximum atomic E-state index is 11.4. The van der Waals surface area contributed by atoms with Crippen LogP contribution in [0.2, 0.25) is 0 Å². The van der Waals surface area contributed by atoms with E-state index < -0.39 is 0 Å². The predicted octanol–water partition coefficient (Wildman–Crippen LogP) is -0.0332. The molecule has 0 aromatic rings. The second kappa shape index (κ2) is 3.46. The topological polar surface area (TPSA) is 46.6 Å². The van der Waals surface area contributed by atoms with Crippen molar-refractivity contribution in [1.29, 1.82) is 0 Å². The number of ether oxygens (including phenoxy) is 1. The average molecular weight is 183 g/mol. The second-order valence-corrected chi connectivity index (χ2v) is 3.57. The van der Waals surface area contributed by atoms with Crippen LogP contribution in [0.4, 0.5) is 0 Å². The second-order valence-electron chi connectivity index (χ2n) is 3.57. The summed E-state index contributed by atoms with van der Waals surface area (Å²) in [5, 5.41) is 0. The van der Waals surface area contributed by atoms with Gasteiger partial charge in [-0.05, 0) is 6.42 Å². The lowest BCUT2D eigenvalue weighted by Gasteiger charge is -2.30. The number of amides is 1. The minimum Gasteiger partial charge on any atom is -0.379 e. The molecule has 2 rings (SSSR count). The van der Waals surface area contributed by atoms with Crippen molar-refractivity contribution >= 4 is 11.7 Å². The van der Waals surface area contributed by atoms with Gasteiger partial charge in [0.2, 0.25) is 5.91 Å². The van der Waals surface area contributed by atoms with Gasteiger partial charge < -0.3 is 9.64 Å². The van der Waals surface area contributed by atoms with E-state index in [-0.39, 0.29) is 24.2 Å². The van der Waals surface area contributed by atoms with E-state index in [1.54, 1.807) is 4.90 Å². The monoisotopic (exact) mass is 183 g/mol. The number of piperidine rings is 1. The smallest absolute Gasteiger partial charge is 0.230 e. The molecule has 1 atom stereocenters. The normalized spacial score (nSPS) is 29.8. The summed E-state index contributed by atoms with van der Waals surface area (Å²) in [6.45, 7) is 1.97. The first-order valence-electron chi connectivity index (χ1n) is 4.66. The van der Waals surface area contributed by atoms with E-state index in [9.17, 15) is 9.59 Å². The molecule has 0 saturated carbocycles. The summed E-state index contributed by atoms with van der Waals surface area (Å²) in [4.78, 5) is 24.2. The van der Waals surface area contributed by atoms with Crippen molar-refractivity contribution < 1.29 is 14.3 Å². The van der Waals surface area contributed by atoms with Gasteiger partial charge in [-0.1, -0.05) is 0 Å². The zero-order valence-corrected chi connectivity index (χ0v) is 7.49. The minimum atomic E-state index is -0.0215. The van der Waals surface area contributed by atoms with Crippen LogP contribution in [-0.2, 0) is 14.3 Å². The van der Waals surface area contributed by atoms with E-state index in [1.165, 1.54) is 0 Å². The molecule has 0 aliphatic carbocycles. The Kier molecular flexibility index (Phi) is 2.31. The fourth-order valence-corrected chi connectivity index (χ4v) is 1.88. The number of carbonyl (C=O) groups is 2. The van der Waals surface area contributed by atoms with Crippen LogP contribution < -0.4 is 0 Å². The summed E-state index contributed by atoms with van der Waals surface area (Å²) >= 11 is 0. The molecule has 0 radical (unpaired) electrons. The number of likely N-dealkylation sites (tertiary alicyclic amines) is 1. The van der Waals surface area contributed by atoms with Crippen molar-refractivity contribution in [1.82, 2.24) is 4.90 Å². The third kappa shape index (κ3) is 1.72. The van der Waals surface area contributed by atoms with Gasteiger partial charge >= 0.3 is 0 Å². The molecular weight excluding hydrogens is 170 g/mol. The van der Waals surface area contributed by atoms with Crippen LogP contribution in [-0.4, -0.2) is 42.4 Å². The van der Waals surface area contributed by atoms with Gasteiger partial charge in [0.15, 0.2) is 0 Å². The Balaban J connectivity index is 1.98. The molecule has 0 aromatic carbocycles. The van der Waals surface area contributed by atoms with E-state index in [0.29, 0.717) is 19.6 Å². The van der Waals surface area contributed by atoms with Crippen LogP contribution in [0.5, 0.6) is 0 Å². The Morgan fingerprint density at radius 1 is 1.38 bits per heavy atom. The largest absolute Gasteiger partial charge is 0.379 e. The fourth-order valence-electron chi connectivity index (χ4n) is 1.88. The quantitative estimate of drug-likeness (QED) is 0.536. The Morgan fingerprint density at radius 3 is 2.85 bits per heavy atom. The molecule has 0 bridgehead atoms. The molecule has 72 valence electrons. The highest BCUT2D eigenvalue weighted by Gasteiger charge is 2.31. The molecule has 0 N–H and O–H groups in total. The van der Waals surface area contributed by atoms with E-state index >= 15 is 0 Å². The zero-order chi connectivity index (χ0) is 9.26. The van der Waals surface area contributed by atoms with Crippen molar-refractivity contribution in [2.75, 3.05) is 19.8 Å². The van der Waals surface area contributed by atoms with E-state index in [0.717, 1.165) is 13.0 Å². The maximum absolute atomic E-state index is 11.4. The Labute approximate surface area is 76.8 Å². The highest BCUT2D eigenvalue weighted by atomic mass is 16.5. The number of hydrogen-bond acceptors (Lipinski definition) is 3. The molecule has 0 spiro atoms. The van der Waals surface area contributed by atoms with Gasteiger partial charge in [0.1, 0.15) is 5.78 Å². The molecule has 2 aliphatic rings. The van der Waals surface area contributed by atoms with Gasteiger partial charge in [-0.25, -0.2) is 0 Å². The van der Waals surface area contributed by atoms with Gasteiger partial charge in [-0.2, -0.15) is 0 Å². The van der Waals surface area contributed by atoms with Crippen molar-refractivity contribution in [3.8, 4) is 0 Å². The number of hydrogen-bond donors (Lipinski definition) is 0. The van der Waals surface area contributed by atoms with Gasteiger partial charge in [0.05, 0.1) is 19.1 Å². The standard InChI is InChI=1S/C9H13NO3/c11-8-1-3-10(9(12)5-8)7-2-4-13-6-7/h7H,1-6H2. The summed E-state index contributed by atoms with van der Waals surface area (Å²) in [6, 6.07) is 0.223. The maximum Gasteiger partial charge on any atom is 0.230 e. The van der Waals surface area contributed by atoms with E-state index in [1.807, 2.05) is 0 Å². The highest BCUT2D eigenvalue weighted by molar-refractivity contribution is 6.00. The summed E-state index contributed by atoms with van der Waals surface area (Å²) in [6.07, 6.45) is 1.53. The fraction of sp³-hybridized carbons (Fsp3) is 0.778. The summed E-state index contributed by atoms with van der Waals surface area (Å²) in [5.41, 5.74) is 0. The minimum absolute atomic E-state index is 0.0215. The predicted molar refractivity (Wildman–Crippen MR) is 45.2 cm³/mol. The van der Waals surface area contributed by atoms with E-state index in [4.69, 9.17) is 4.74 Å². The summed E-state index contributed by atoms with van der Waals surface area (Å²) in [5.74, 6) is 0.0481. The molecule has 2 fully saturated rings. The van der Waals surface area contributed by atoms with Crippen LogP contribution >= 0.6 is 0 Å². The molecule has 0 aromatic heterocycles. The van der Waals surface area contributed by atoms with Crippen LogP contribution in [0, 0.1) is 0 Å². The van der Waals surface area contributed by atoms with Crippen molar-refractivity contribution in [3.63, 3.8) is 0 Å². The van der Waals surface area contributed by atoms with Crippen molar-refractivity contribution in [2.24, 2.45) is 0 Å². The third-order valence-corrected chi connectivity index (χ3v) is 2.65. The highest BCUT2D eigenvalue weighted by Crippen LogP contribution is 2.17. The lowest BCUT2D eigenvalue weighted by Crippen LogP contribution is -2.45. The number of ketones is 1. The summed E-state index contributed by atoms with van der Waals surface area (Å²) < 4.78 is 5.21. The van der Waals surface area contributed by atoms with Crippen molar-refractivity contribution in [3.05, 3.63) is 0 Å². The third-order valence-electron chi connectivity index (χ3n) is 2.65. The molecule has 4 heteroatoms. The lowest BCUT2D eigenvalue weighted by atomic mass is 10.1. The first-order chi connectivity index (χ1) is 6.27. The first-order valence-corrected chi connectivity index (χ1v) is 4.66. The average Bonchev–Trinajstić information content (AvgIpc) is 2.56. The number of nitrogens with zero attached hydrogens (tertiary/aromatic N) is 1.